The average Bonchev–Trinajstić information content (AvgIpc) is 2.75. The zero-order valence-electron chi connectivity index (χ0n) is 18.9. The maximum Gasteiger partial charge on any atom is 0.350 e. The molecule has 1 aliphatic carbocycles. The highest BCUT2D eigenvalue weighted by molar-refractivity contribution is 6.03. The largest absolute Gasteiger partial charge is 0.486 e. The number of rotatable bonds is 2. The van der Waals surface area contributed by atoms with Gasteiger partial charge in [-0.3, -0.25) is 9.59 Å². The summed E-state index contributed by atoms with van der Waals surface area (Å²) in [5.41, 5.74) is -2.34. The van der Waals surface area contributed by atoms with E-state index in [9.17, 15) is 29.4 Å². The zero-order valence-corrected chi connectivity index (χ0v) is 18.9. The van der Waals surface area contributed by atoms with Gasteiger partial charge >= 0.3 is 11.3 Å². The van der Waals surface area contributed by atoms with Crippen molar-refractivity contribution in [2.75, 3.05) is 0 Å². The Morgan fingerprint density at radius 2 is 1.00 bits per heavy atom. The summed E-state index contributed by atoms with van der Waals surface area (Å²) in [6.07, 6.45) is -4.46. The number of carbonyl (C=O) groups is 2. The van der Waals surface area contributed by atoms with Crippen molar-refractivity contribution in [1.82, 2.24) is 0 Å². The number of fused-ring (bicyclic) bond motifs is 2. The van der Waals surface area contributed by atoms with E-state index in [0.717, 1.165) is 0 Å². The molecule has 2 N–H and O–H groups in total. The Morgan fingerprint density at radius 1 is 0.647 bits per heavy atom. The van der Waals surface area contributed by atoms with Crippen LogP contribution in [0.25, 0.3) is 0 Å². The van der Waals surface area contributed by atoms with Crippen molar-refractivity contribution in [3.63, 3.8) is 0 Å². The second-order valence-electron chi connectivity index (χ2n) is 9.38. The van der Waals surface area contributed by atoms with Gasteiger partial charge in [-0.25, -0.2) is 9.59 Å². The summed E-state index contributed by atoms with van der Waals surface area (Å²) in [7, 11) is 0. The van der Waals surface area contributed by atoms with Crippen molar-refractivity contribution < 1.29 is 38.1 Å². The molecule has 0 aromatic carbocycles. The molecule has 180 valence electrons. The first kappa shape index (κ1) is 22.5. The summed E-state index contributed by atoms with van der Waals surface area (Å²) in [4.78, 5) is 49.7. The lowest BCUT2D eigenvalue weighted by Gasteiger charge is -2.48. The molecule has 0 spiro atoms. The number of ether oxygens (including phenoxy) is 2. The molecule has 10 heteroatoms. The van der Waals surface area contributed by atoms with E-state index in [1.807, 2.05) is 13.8 Å². The molecular weight excluding hydrogens is 448 g/mol. The minimum Gasteiger partial charge on any atom is -0.486 e. The number of aliphatic hydroxyl groups is 2. The number of ketones is 2. The van der Waals surface area contributed by atoms with Gasteiger partial charge in [-0.05, 0) is 25.7 Å². The van der Waals surface area contributed by atoms with Crippen LogP contribution in [-0.2, 0) is 0 Å². The molecule has 2 aromatic rings. The van der Waals surface area contributed by atoms with Crippen LogP contribution in [-0.4, -0.2) is 46.2 Å². The highest BCUT2D eigenvalue weighted by atomic mass is 16.5. The summed E-state index contributed by atoms with van der Waals surface area (Å²) in [5.74, 6) is -1.39. The van der Waals surface area contributed by atoms with Crippen molar-refractivity contribution in [2.24, 2.45) is 11.8 Å². The lowest BCUT2D eigenvalue weighted by molar-refractivity contribution is 0.0264. The van der Waals surface area contributed by atoms with Crippen molar-refractivity contribution in [3.05, 3.63) is 55.6 Å². The van der Waals surface area contributed by atoms with Crippen LogP contribution >= 0.6 is 0 Å². The summed E-state index contributed by atoms with van der Waals surface area (Å²) in [6.45, 7) is 6.89. The van der Waals surface area contributed by atoms with Crippen LogP contribution in [0.15, 0.2) is 30.6 Å². The monoisotopic (exact) mass is 472 g/mol. The molecule has 0 unspecified atom stereocenters. The molecule has 4 atom stereocenters. The molecule has 0 bridgehead atoms. The minimum atomic E-state index is -1.43. The molecule has 5 rings (SSSR count). The second-order valence-corrected chi connectivity index (χ2v) is 9.38. The van der Waals surface area contributed by atoms with Gasteiger partial charge in [0.15, 0.2) is 12.2 Å². The van der Waals surface area contributed by atoms with Crippen LogP contribution in [0.3, 0.4) is 0 Å². The summed E-state index contributed by atoms with van der Waals surface area (Å²) in [5, 5.41) is 19.8. The molecule has 4 heterocycles. The Kier molecular flexibility index (Phi) is 5.07. The van der Waals surface area contributed by atoms with E-state index in [0.29, 0.717) is 11.5 Å². The third-order valence-electron chi connectivity index (χ3n) is 7.34. The molecule has 10 nitrogen and oxygen atoms in total. The van der Waals surface area contributed by atoms with Gasteiger partial charge in [0.2, 0.25) is 11.6 Å². The fraction of sp³-hybridized carbons (Fsp3) is 0.500. The second kappa shape index (κ2) is 7.64. The smallest absolute Gasteiger partial charge is 0.350 e. The van der Waals surface area contributed by atoms with Crippen LogP contribution in [0.2, 0.25) is 0 Å². The Bertz CT molecular complexity index is 1210. The molecule has 34 heavy (non-hydrogen) atoms. The Labute approximate surface area is 193 Å². The van der Waals surface area contributed by atoms with E-state index in [4.69, 9.17) is 18.3 Å². The molecule has 3 aliphatic rings. The average molecular weight is 472 g/mol. The third kappa shape index (κ3) is 3.08. The van der Waals surface area contributed by atoms with Crippen LogP contribution in [0.4, 0.5) is 0 Å². The molecule has 2 aromatic heterocycles. The Balaban J connectivity index is 1.47. The molecule has 1 fully saturated rings. The van der Waals surface area contributed by atoms with E-state index >= 15 is 0 Å². The Morgan fingerprint density at radius 3 is 1.35 bits per heavy atom. The van der Waals surface area contributed by atoms with E-state index in [1.165, 1.54) is 26.0 Å². The number of Topliss-reactive ketones (excluding diaryl/α,β-unsaturated/α-hetero) is 2. The standard InChI is InChI=1S/C24H24O10/c1-7-15(11-5-13-17(23(29)33-11)21(27)19(25)9(3)31-13)8(2)16(7)12-6-14-18(24(30)34-12)22(28)20(26)10(4)32-14/h5-10,15-16,19-20,25-26H,1-4H3/t7?,8?,9-,10-,15?,16?,19-,20-/m0/s1. The Hall–Kier alpha value is -3.24. The summed E-state index contributed by atoms with van der Waals surface area (Å²) in [6, 6.07) is 3.03. The SMILES string of the molecule is CC1C(c2cc3c(c(=O)o2)C(=O)[C@@H](O)[C@H](C)O3)C(C)C1c1cc2c(c(=O)o1)C(=O)[C@@H](O)[C@H](C)O2. The number of hydrogen-bond donors (Lipinski definition) is 2. The van der Waals surface area contributed by atoms with Gasteiger partial charge in [0.05, 0.1) is 0 Å². The minimum absolute atomic E-state index is 0.0803. The molecule has 2 aliphatic heterocycles. The van der Waals surface area contributed by atoms with Crippen molar-refractivity contribution in [3.8, 4) is 11.5 Å². The molecule has 0 saturated heterocycles. The predicted octanol–water partition coefficient (Wildman–Crippen LogP) is 1.40. The van der Waals surface area contributed by atoms with Gasteiger partial charge in [-0.1, -0.05) is 13.8 Å². The van der Waals surface area contributed by atoms with Crippen molar-refractivity contribution in [1.29, 1.82) is 0 Å². The number of hydrogen-bond acceptors (Lipinski definition) is 10. The van der Waals surface area contributed by atoms with Gasteiger partial charge < -0.3 is 28.5 Å². The maximum atomic E-state index is 12.5. The van der Waals surface area contributed by atoms with Crippen LogP contribution in [0.1, 0.15) is 71.8 Å². The topological polar surface area (TPSA) is 153 Å². The predicted molar refractivity (Wildman–Crippen MR) is 115 cm³/mol. The van der Waals surface area contributed by atoms with E-state index in [1.54, 1.807) is 0 Å². The number of aliphatic hydroxyl groups excluding tert-OH is 2. The lowest BCUT2D eigenvalue weighted by atomic mass is 9.56. The van der Waals surface area contributed by atoms with Gasteiger partial charge in [0, 0.05) is 24.0 Å². The van der Waals surface area contributed by atoms with Gasteiger partial charge in [-0.15, -0.1) is 0 Å². The quantitative estimate of drug-likeness (QED) is 0.655. The van der Waals surface area contributed by atoms with Gasteiger partial charge in [-0.2, -0.15) is 0 Å². The highest BCUT2D eigenvalue weighted by Gasteiger charge is 2.51. The van der Waals surface area contributed by atoms with E-state index < -0.39 is 47.2 Å². The number of carbonyl (C=O) groups excluding carboxylic acids is 2. The van der Waals surface area contributed by atoms with Crippen molar-refractivity contribution >= 4 is 11.6 Å². The van der Waals surface area contributed by atoms with Crippen LogP contribution < -0.4 is 20.7 Å². The summed E-state index contributed by atoms with van der Waals surface area (Å²) >= 11 is 0. The summed E-state index contributed by atoms with van der Waals surface area (Å²) < 4.78 is 22.1. The third-order valence-corrected chi connectivity index (χ3v) is 7.34. The van der Waals surface area contributed by atoms with Gasteiger partial charge in [0.1, 0.15) is 46.4 Å². The zero-order chi connectivity index (χ0) is 24.6. The molecular formula is C24H24O10. The van der Waals surface area contributed by atoms with Crippen LogP contribution in [0.5, 0.6) is 11.5 Å². The molecule has 0 radical (unpaired) electrons. The maximum absolute atomic E-state index is 12.5. The van der Waals surface area contributed by atoms with E-state index in [-0.39, 0.29) is 46.3 Å². The first-order valence-corrected chi connectivity index (χ1v) is 11.1. The molecule has 0 amide bonds. The molecule has 1 saturated carbocycles. The van der Waals surface area contributed by atoms with E-state index in [2.05, 4.69) is 0 Å². The first-order valence-electron chi connectivity index (χ1n) is 11.1. The first-order chi connectivity index (χ1) is 16.0. The van der Waals surface area contributed by atoms with Crippen molar-refractivity contribution in [2.45, 2.75) is 63.9 Å². The van der Waals surface area contributed by atoms with Crippen LogP contribution in [0, 0.1) is 11.8 Å². The van der Waals surface area contributed by atoms with Gasteiger partial charge in [0.25, 0.3) is 0 Å². The fourth-order valence-electron chi connectivity index (χ4n) is 5.48. The fourth-order valence-corrected chi connectivity index (χ4v) is 5.48. The highest BCUT2D eigenvalue weighted by Crippen LogP contribution is 2.57. The normalized spacial score (nSPS) is 34.4. The lowest BCUT2D eigenvalue weighted by Crippen LogP contribution is -2.45.